The summed E-state index contributed by atoms with van der Waals surface area (Å²) in [6.07, 6.45) is 71.0. The van der Waals surface area contributed by atoms with Crippen molar-refractivity contribution in [3.05, 3.63) is 97.2 Å². The second-order valence-corrected chi connectivity index (χ2v) is 17.8. The van der Waals surface area contributed by atoms with Gasteiger partial charge in [0.05, 0.1) is 0 Å². The van der Waals surface area contributed by atoms with Crippen LogP contribution in [0, 0.1) is 0 Å². The minimum absolute atomic E-state index is 0.0921. The largest absolute Gasteiger partial charge is 0.462 e. The van der Waals surface area contributed by atoms with Crippen LogP contribution in [-0.4, -0.2) is 37.2 Å². The summed E-state index contributed by atoms with van der Waals surface area (Å²) in [6.45, 7) is 6.36. The predicted octanol–water partition coefficient (Wildman–Crippen LogP) is 18.1. The van der Waals surface area contributed by atoms with Crippen molar-refractivity contribution in [2.45, 2.75) is 252 Å². The molecule has 0 radical (unpaired) electrons. The van der Waals surface area contributed by atoms with Gasteiger partial charge in [0.15, 0.2) is 6.10 Å². The molecule has 0 bridgehead atoms. The average Bonchev–Trinajstić information content (AvgIpc) is 3.31. The summed E-state index contributed by atoms with van der Waals surface area (Å²) in [5, 5.41) is 0. The maximum atomic E-state index is 12.8. The lowest BCUT2D eigenvalue weighted by Gasteiger charge is -2.18. The van der Waals surface area contributed by atoms with Gasteiger partial charge in [-0.25, -0.2) is 0 Å². The van der Waals surface area contributed by atoms with Crippen molar-refractivity contribution in [1.82, 2.24) is 0 Å². The summed E-state index contributed by atoms with van der Waals surface area (Å²) < 4.78 is 16.8. The van der Waals surface area contributed by atoms with Gasteiger partial charge in [0.25, 0.3) is 0 Å². The first kappa shape index (κ1) is 62.3. The zero-order valence-corrected chi connectivity index (χ0v) is 42.9. The van der Waals surface area contributed by atoms with Crippen LogP contribution in [0.25, 0.3) is 0 Å². The fraction of sp³-hybridized carbons (Fsp3) is 0.683. The van der Waals surface area contributed by atoms with Gasteiger partial charge in [-0.3, -0.25) is 14.4 Å². The standard InChI is InChI=1S/C60H100O6/c1-4-7-10-13-16-19-22-25-28-29-30-31-33-35-38-41-44-47-50-53-59(62)65-56-57(55-64-58(61)52-49-46-43-40-37-34-27-24-21-18-15-12-9-6-3)66-60(63)54-51-48-45-42-39-36-32-26-23-20-17-14-11-8-5-2/h7,9-10,12,16-21,23,25-26,28,30-31,57H,4-6,8,11,13-15,22,24,27,29,32-56H2,1-3H3/b10-7-,12-9-,19-16-,20-17-,21-18-,26-23-,28-25-,31-30-. The number of allylic oxidation sites excluding steroid dienone is 16. The minimum Gasteiger partial charge on any atom is -0.462 e. The lowest BCUT2D eigenvalue weighted by molar-refractivity contribution is -0.167. The van der Waals surface area contributed by atoms with Crippen molar-refractivity contribution in [3.8, 4) is 0 Å². The van der Waals surface area contributed by atoms with E-state index < -0.39 is 6.10 Å². The van der Waals surface area contributed by atoms with Gasteiger partial charge in [-0.1, -0.05) is 214 Å². The van der Waals surface area contributed by atoms with Crippen LogP contribution in [0.4, 0.5) is 0 Å². The third-order valence-electron chi connectivity index (χ3n) is 11.3. The van der Waals surface area contributed by atoms with Gasteiger partial charge in [-0.05, 0) is 109 Å². The molecule has 1 atom stereocenters. The maximum absolute atomic E-state index is 12.8. The Kier molecular flexibility index (Phi) is 50.9. The van der Waals surface area contributed by atoms with Crippen LogP contribution in [0.5, 0.6) is 0 Å². The van der Waals surface area contributed by atoms with E-state index in [2.05, 4.69) is 118 Å². The van der Waals surface area contributed by atoms with Gasteiger partial charge in [0, 0.05) is 19.3 Å². The Balaban J connectivity index is 4.43. The molecule has 0 heterocycles. The molecule has 0 aliphatic carbocycles. The highest BCUT2D eigenvalue weighted by atomic mass is 16.6. The molecule has 0 N–H and O–H groups in total. The van der Waals surface area contributed by atoms with Crippen molar-refractivity contribution in [2.24, 2.45) is 0 Å². The molecule has 0 spiro atoms. The Bertz CT molecular complexity index is 1330. The Labute approximate surface area is 407 Å². The van der Waals surface area contributed by atoms with Gasteiger partial charge in [-0.2, -0.15) is 0 Å². The number of esters is 3. The first-order chi connectivity index (χ1) is 32.5. The normalized spacial score (nSPS) is 12.8. The van der Waals surface area contributed by atoms with Gasteiger partial charge in [-0.15, -0.1) is 0 Å². The van der Waals surface area contributed by atoms with Crippen molar-refractivity contribution in [3.63, 3.8) is 0 Å². The van der Waals surface area contributed by atoms with Crippen LogP contribution in [0.15, 0.2) is 97.2 Å². The van der Waals surface area contributed by atoms with Gasteiger partial charge < -0.3 is 14.2 Å². The molecule has 0 rings (SSSR count). The van der Waals surface area contributed by atoms with Crippen LogP contribution in [0.2, 0.25) is 0 Å². The molecule has 0 aliphatic rings. The molecule has 0 aliphatic heterocycles. The number of hydrogen-bond acceptors (Lipinski definition) is 6. The topological polar surface area (TPSA) is 78.9 Å². The van der Waals surface area contributed by atoms with E-state index in [1.54, 1.807) is 0 Å². The van der Waals surface area contributed by atoms with Gasteiger partial charge in [0.2, 0.25) is 0 Å². The van der Waals surface area contributed by atoms with Crippen LogP contribution >= 0.6 is 0 Å². The summed E-state index contributed by atoms with van der Waals surface area (Å²) in [4.78, 5) is 38.1. The molecule has 0 aromatic heterocycles. The number of carbonyl (C=O) groups excluding carboxylic acids is 3. The third-order valence-corrected chi connectivity index (χ3v) is 11.3. The zero-order chi connectivity index (χ0) is 47.9. The summed E-state index contributed by atoms with van der Waals surface area (Å²) in [6, 6.07) is 0. The maximum Gasteiger partial charge on any atom is 0.306 e. The molecule has 0 aromatic rings. The summed E-state index contributed by atoms with van der Waals surface area (Å²) in [7, 11) is 0. The SMILES string of the molecule is CC/C=C\C/C=C\C/C=C\C/C=C\CCCCCCCCC(=O)OCC(COC(=O)CCCCCCCCC/C=C\C/C=C\CC)OC(=O)CCCCCCCC/C=C\C=C/CCCCC. The molecule has 6 heteroatoms. The second kappa shape index (κ2) is 53.9. The Morgan fingerprint density at radius 2 is 0.636 bits per heavy atom. The Hall–Kier alpha value is -3.67. The predicted molar refractivity (Wildman–Crippen MR) is 284 cm³/mol. The molecule has 0 fully saturated rings. The molecule has 0 saturated heterocycles. The van der Waals surface area contributed by atoms with Gasteiger partial charge in [0.1, 0.15) is 13.2 Å². The third kappa shape index (κ3) is 51.3. The van der Waals surface area contributed by atoms with Crippen LogP contribution in [-0.2, 0) is 28.6 Å². The monoisotopic (exact) mass is 917 g/mol. The van der Waals surface area contributed by atoms with Crippen LogP contribution in [0.3, 0.4) is 0 Å². The van der Waals surface area contributed by atoms with E-state index in [4.69, 9.17) is 14.2 Å². The fourth-order valence-electron chi connectivity index (χ4n) is 7.28. The van der Waals surface area contributed by atoms with E-state index in [0.29, 0.717) is 19.3 Å². The molecule has 1 unspecified atom stereocenters. The smallest absolute Gasteiger partial charge is 0.306 e. The van der Waals surface area contributed by atoms with E-state index >= 15 is 0 Å². The van der Waals surface area contributed by atoms with Crippen molar-refractivity contribution >= 4 is 17.9 Å². The first-order valence-electron chi connectivity index (χ1n) is 27.3. The van der Waals surface area contributed by atoms with E-state index in [-0.39, 0.29) is 31.1 Å². The highest BCUT2D eigenvalue weighted by Gasteiger charge is 2.19. The van der Waals surface area contributed by atoms with E-state index in [1.807, 2.05) is 0 Å². The van der Waals surface area contributed by atoms with E-state index in [1.165, 1.54) is 77.0 Å². The van der Waals surface area contributed by atoms with E-state index in [9.17, 15) is 14.4 Å². The van der Waals surface area contributed by atoms with Gasteiger partial charge >= 0.3 is 17.9 Å². The number of rotatable bonds is 48. The molecule has 0 amide bonds. The van der Waals surface area contributed by atoms with Crippen LogP contribution < -0.4 is 0 Å². The molecule has 66 heavy (non-hydrogen) atoms. The van der Waals surface area contributed by atoms with E-state index in [0.717, 1.165) is 128 Å². The zero-order valence-electron chi connectivity index (χ0n) is 42.9. The molecule has 6 nitrogen and oxygen atoms in total. The average molecular weight is 917 g/mol. The quantitative estimate of drug-likeness (QED) is 0.0199. The van der Waals surface area contributed by atoms with Crippen molar-refractivity contribution in [2.75, 3.05) is 13.2 Å². The lowest BCUT2D eigenvalue weighted by Crippen LogP contribution is -2.30. The molecule has 376 valence electrons. The molecule has 0 aromatic carbocycles. The highest BCUT2D eigenvalue weighted by Crippen LogP contribution is 2.14. The fourth-order valence-corrected chi connectivity index (χ4v) is 7.28. The van der Waals surface area contributed by atoms with Crippen molar-refractivity contribution in [1.29, 1.82) is 0 Å². The number of carbonyl (C=O) groups is 3. The highest BCUT2D eigenvalue weighted by molar-refractivity contribution is 5.71. The Morgan fingerprint density at radius 1 is 0.333 bits per heavy atom. The summed E-state index contributed by atoms with van der Waals surface area (Å²) >= 11 is 0. The number of hydrogen-bond donors (Lipinski definition) is 0. The summed E-state index contributed by atoms with van der Waals surface area (Å²) in [5.74, 6) is -0.926. The second-order valence-electron chi connectivity index (χ2n) is 17.8. The Morgan fingerprint density at radius 3 is 1.02 bits per heavy atom. The first-order valence-corrected chi connectivity index (χ1v) is 27.3. The molecular formula is C60H100O6. The minimum atomic E-state index is -0.794. The summed E-state index contributed by atoms with van der Waals surface area (Å²) in [5.41, 5.74) is 0. The number of unbranched alkanes of at least 4 members (excludes halogenated alkanes) is 22. The number of ether oxygens (including phenoxy) is 3. The van der Waals surface area contributed by atoms with Crippen molar-refractivity contribution < 1.29 is 28.6 Å². The molecular weight excluding hydrogens is 817 g/mol. The van der Waals surface area contributed by atoms with Crippen LogP contribution in [0.1, 0.15) is 245 Å². The molecule has 0 saturated carbocycles. The lowest BCUT2D eigenvalue weighted by atomic mass is 10.1.